The first-order valence-corrected chi connectivity index (χ1v) is 9.35. The monoisotopic (exact) mass is 381 g/mol. The summed E-state index contributed by atoms with van der Waals surface area (Å²) in [6, 6.07) is 15.1. The van der Waals surface area contributed by atoms with E-state index in [0.29, 0.717) is 22.3 Å². The summed E-state index contributed by atoms with van der Waals surface area (Å²) in [5.74, 6) is -0.0807. The number of rotatable bonds is 6. The van der Waals surface area contributed by atoms with Crippen molar-refractivity contribution in [3.05, 3.63) is 70.1 Å². The maximum absolute atomic E-state index is 12.2. The number of carbonyl (C=O) groups excluding carboxylic acids is 2. The van der Waals surface area contributed by atoms with E-state index >= 15 is 0 Å². The molecule has 1 amide bonds. The first-order valence-electron chi connectivity index (χ1n) is 8.53. The van der Waals surface area contributed by atoms with Crippen LogP contribution in [-0.2, 0) is 14.3 Å². The maximum atomic E-state index is 12.2. The van der Waals surface area contributed by atoms with Gasteiger partial charge < -0.3 is 9.47 Å². The maximum Gasteiger partial charge on any atom is 0.344 e. The standard InChI is InChI=1S/C21H19NO4S/c1-3-25-19(23)13-26-17-10-6-15(7-11-17)12-18-20(24)22-21(27-18)16-8-4-14(2)5-9-16/h4-12H,3,13H2,1-2H3. The van der Waals surface area contributed by atoms with E-state index in [1.807, 2.05) is 43.3 Å². The first-order chi connectivity index (χ1) is 13.0. The number of nitrogens with zero attached hydrogens (tertiary/aromatic N) is 1. The molecule has 2 aromatic rings. The third-order valence-corrected chi connectivity index (χ3v) is 4.79. The highest BCUT2D eigenvalue weighted by Crippen LogP contribution is 2.32. The van der Waals surface area contributed by atoms with Crippen molar-refractivity contribution in [2.75, 3.05) is 13.2 Å². The Morgan fingerprint density at radius 2 is 1.81 bits per heavy atom. The molecule has 138 valence electrons. The highest BCUT2D eigenvalue weighted by Gasteiger charge is 2.22. The molecular weight excluding hydrogens is 362 g/mol. The van der Waals surface area contributed by atoms with E-state index in [1.54, 1.807) is 25.1 Å². The Balaban J connectivity index is 1.64. The average Bonchev–Trinajstić information content (AvgIpc) is 3.02. The Kier molecular flexibility index (Phi) is 6.08. The molecule has 0 saturated heterocycles. The van der Waals surface area contributed by atoms with Gasteiger partial charge in [0.25, 0.3) is 5.91 Å². The van der Waals surface area contributed by atoms with Gasteiger partial charge in [-0.15, -0.1) is 0 Å². The van der Waals surface area contributed by atoms with Gasteiger partial charge in [-0.05, 0) is 37.6 Å². The van der Waals surface area contributed by atoms with Crippen LogP contribution in [0.2, 0.25) is 0 Å². The molecule has 0 atom stereocenters. The van der Waals surface area contributed by atoms with Gasteiger partial charge in [0.2, 0.25) is 0 Å². The lowest BCUT2D eigenvalue weighted by atomic mass is 10.2. The van der Waals surface area contributed by atoms with E-state index in [-0.39, 0.29) is 12.5 Å². The first kappa shape index (κ1) is 18.9. The molecule has 0 aliphatic carbocycles. The minimum atomic E-state index is -0.405. The third-order valence-electron chi connectivity index (χ3n) is 3.76. The Hall–Kier alpha value is -2.86. The van der Waals surface area contributed by atoms with Crippen LogP contribution in [0.25, 0.3) is 6.08 Å². The molecule has 0 unspecified atom stereocenters. The van der Waals surface area contributed by atoms with Gasteiger partial charge in [0.05, 0.1) is 11.5 Å². The Bertz CT molecular complexity index is 899. The SMILES string of the molecule is CCOC(=O)COc1ccc(C=C2SC(c3ccc(C)cc3)=NC2=O)cc1. The number of aryl methyl sites for hydroxylation is 1. The Morgan fingerprint density at radius 1 is 1.11 bits per heavy atom. The molecule has 0 aromatic heterocycles. The van der Waals surface area contributed by atoms with Gasteiger partial charge in [0, 0.05) is 5.56 Å². The molecule has 0 N–H and O–H groups in total. The van der Waals surface area contributed by atoms with Crippen LogP contribution in [0.4, 0.5) is 0 Å². The Morgan fingerprint density at radius 3 is 2.48 bits per heavy atom. The molecule has 0 saturated carbocycles. The predicted molar refractivity (Wildman–Crippen MR) is 107 cm³/mol. The molecule has 1 aliphatic rings. The molecule has 1 aliphatic heterocycles. The van der Waals surface area contributed by atoms with Crippen molar-refractivity contribution in [1.82, 2.24) is 0 Å². The van der Waals surface area contributed by atoms with Gasteiger partial charge in [0.15, 0.2) is 6.61 Å². The number of hydrogen-bond donors (Lipinski definition) is 0. The van der Waals surface area contributed by atoms with Gasteiger partial charge in [0.1, 0.15) is 10.8 Å². The summed E-state index contributed by atoms with van der Waals surface area (Å²) in [7, 11) is 0. The van der Waals surface area contributed by atoms with Crippen molar-refractivity contribution in [2.24, 2.45) is 4.99 Å². The fraction of sp³-hybridized carbons (Fsp3) is 0.190. The van der Waals surface area contributed by atoms with Crippen LogP contribution in [0, 0.1) is 6.92 Å². The summed E-state index contributed by atoms with van der Waals surface area (Å²) in [6.45, 7) is 3.96. The van der Waals surface area contributed by atoms with Gasteiger partial charge in [-0.3, -0.25) is 4.79 Å². The lowest BCUT2D eigenvalue weighted by Gasteiger charge is -2.06. The molecule has 0 bridgehead atoms. The van der Waals surface area contributed by atoms with Crippen molar-refractivity contribution < 1.29 is 19.1 Å². The topological polar surface area (TPSA) is 65.0 Å². The highest BCUT2D eigenvalue weighted by atomic mass is 32.2. The van der Waals surface area contributed by atoms with E-state index in [0.717, 1.165) is 16.7 Å². The fourth-order valence-electron chi connectivity index (χ4n) is 2.39. The van der Waals surface area contributed by atoms with Crippen LogP contribution >= 0.6 is 11.8 Å². The smallest absolute Gasteiger partial charge is 0.344 e. The van der Waals surface area contributed by atoms with E-state index in [4.69, 9.17) is 9.47 Å². The van der Waals surface area contributed by atoms with Gasteiger partial charge in [-0.25, -0.2) is 9.79 Å². The molecule has 5 nitrogen and oxygen atoms in total. The molecule has 2 aromatic carbocycles. The van der Waals surface area contributed by atoms with Crippen LogP contribution in [0.15, 0.2) is 58.4 Å². The summed E-state index contributed by atoms with van der Waals surface area (Å²) in [6.07, 6.45) is 1.80. The normalized spacial score (nSPS) is 15.0. The van der Waals surface area contributed by atoms with E-state index in [2.05, 4.69) is 4.99 Å². The highest BCUT2D eigenvalue weighted by molar-refractivity contribution is 8.19. The molecular formula is C21H19NO4S. The second-order valence-electron chi connectivity index (χ2n) is 5.86. The quantitative estimate of drug-likeness (QED) is 0.559. The molecule has 0 spiro atoms. The largest absolute Gasteiger partial charge is 0.482 e. The summed E-state index contributed by atoms with van der Waals surface area (Å²) >= 11 is 1.37. The number of thioether (sulfide) groups is 1. The number of aliphatic imine (C=N–C) groups is 1. The number of hydrogen-bond acceptors (Lipinski definition) is 5. The zero-order valence-corrected chi connectivity index (χ0v) is 15.9. The van der Waals surface area contributed by atoms with Gasteiger partial charge in [-0.1, -0.05) is 53.7 Å². The number of amides is 1. The minimum absolute atomic E-state index is 0.129. The van der Waals surface area contributed by atoms with Gasteiger partial charge in [-0.2, -0.15) is 0 Å². The van der Waals surface area contributed by atoms with Crippen molar-refractivity contribution >= 4 is 34.8 Å². The predicted octanol–water partition coefficient (Wildman–Crippen LogP) is 4.00. The van der Waals surface area contributed by atoms with Crippen molar-refractivity contribution in [1.29, 1.82) is 0 Å². The molecule has 0 radical (unpaired) electrons. The average molecular weight is 381 g/mol. The van der Waals surface area contributed by atoms with Crippen molar-refractivity contribution in [3.8, 4) is 5.75 Å². The molecule has 1 heterocycles. The number of esters is 1. The molecule has 0 fully saturated rings. The van der Waals surface area contributed by atoms with E-state index < -0.39 is 5.97 Å². The molecule has 27 heavy (non-hydrogen) atoms. The number of benzene rings is 2. The second kappa shape index (κ2) is 8.68. The van der Waals surface area contributed by atoms with Crippen molar-refractivity contribution in [3.63, 3.8) is 0 Å². The van der Waals surface area contributed by atoms with Crippen LogP contribution in [0.3, 0.4) is 0 Å². The second-order valence-corrected chi connectivity index (χ2v) is 6.89. The lowest BCUT2D eigenvalue weighted by Crippen LogP contribution is -2.14. The van der Waals surface area contributed by atoms with Crippen LogP contribution < -0.4 is 4.74 Å². The fourth-order valence-corrected chi connectivity index (χ4v) is 3.30. The summed E-state index contributed by atoms with van der Waals surface area (Å²) in [4.78, 5) is 28.2. The zero-order chi connectivity index (χ0) is 19.2. The van der Waals surface area contributed by atoms with E-state index in [9.17, 15) is 9.59 Å². The van der Waals surface area contributed by atoms with Crippen LogP contribution in [0.5, 0.6) is 5.75 Å². The number of ether oxygens (including phenoxy) is 2. The van der Waals surface area contributed by atoms with Gasteiger partial charge >= 0.3 is 5.97 Å². The van der Waals surface area contributed by atoms with E-state index in [1.165, 1.54) is 11.8 Å². The summed E-state index contributed by atoms with van der Waals surface area (Å²) < 4.78 is 10.2. The lowest BCUT2D eigenvalue weighted by molar-refractivity contribution is -0.145. The minimum Gasteiger partial charge on any atom is -0.482 e. The third kappa shape index (κ3) is 5.08. The molecule has 6 heteroatoms. The Labute approximate surface area is 162 Å². The van der Waals surface area contributed by atoms with Crippen LogP contribution in [0.1, 0.15) is 23.6 Å². The summed E-state index contributed by atoms with van der Waals surface area (Å²) in [5, 5.41) is 0.709. The van der Waals surface area contributed by atoms with Crippen LogP contribution in [-0.4, -0.2) is 30.1 Å². The van der Waals surface area contributed by atoms with Crippen molar-refractivity contribution in [2.45, 2.75) is 13.8 Å². The summed E-state index contributed by atoms with van der Waals surface area (Å²) in [5.41, 5.74) is 2.95. The number of carbonyl (C=O) groups is 2. The zero-order valence-electron chi connectivity index (χ0n) is 15.1. The molecule has 3 rings (SSSR count).